The van der Waals surface area contributed by atoms with E-state index in [1.807, 2.05) is 13.0 Å². The zero-order valence-electron chi connectivity index (χ0n) is 9.99. The van der Waals surface area contributed by atoms with Crippen molar-refractivity contribution in [2.75, 3.05) is 31.6 Å². The molecule has 2 N–H and O–H groups in total. The molecule has 0 aliphatic rings. The van der Waals surface area contributed by atoms with E-state index in [4.69, 9.17) is 4.74 Å². The molecule has 0 radical (unpaired) electrons. The first-order valence-corrected chi connectivity index (χ1v) is 5.76. The second kappa shape index (κ2) is 7.87. The molecule has 1 aromatic heterocycles. The maximum absolute atomic E-state index is 5.29. The van der Waals surface area contributed by atoms with Crippen LogP contribution in [0.5, 0.6) is 5.88 Å². The van der Waals surface area contributed by atoms with Gasteiger partial charge in [0, 0.05) is 12.6 Å². The highest BCUT2D eigenvalue weighted by atomic mass is 16.5. The molecule has 0 bridgehead atoms. The molecule has 90 valence electrons. The molecule has 0 spiro atoms. The van der Waals surface area contributed by atoms with Crippen molar-refractivity contribution in [1.29, 1.82) is 0 Å². The normalized spacial score (nSPS) is 10.1. The van der Waals surface area contributed by atoms with Crippen LogP contribution in [-0.4, -0.2) is 36.2 Å². The van der Waals surface area contributed by atoms with Gasteiger partial charge in [-0.15, -0.1) is 0 Å². The smallest absolute Gasteiger partial charge is 0.218 e. The molecule has 0 fully saturated rings. The number of hydrogen-bond donors (Lipinski definition) is 2. The summed E-state index contributed by atoms with van der Waals surface area (Å²) in [5.74, 6) is 1.43. The van der Waals surface area contributed by atoms with Crippen LogP contribution in [0.1, 0.15) is 20.3 Å². The third-order valence-corrected chi connectivity index (χ3v) is 2.02. The molecule has 0 saturated heterocycles. The minimum atomic E-state index is 0.617. The van der Waals surface area contributed by atoms with Gasteiger partial charge in [-0.2, -0.15) is 0 Å². The number of rotatable bonds is 8. The summed E-state index contributed by atoms with van der Waals surface area (Å²) in [6.45, 7) is 7.60. The molecule has 0 aromatic carbocycles. The Balaban J connectivity index is 2.27. The van der Waals surface area contributed by atoms with Crippen LogP contribution < -0.4 is 15.4 Å². The van der Waals surface area contributed by atoms with Crippen LogP contribution in [0, 0.1) is 0 Å². The van der Waals surface area contributed by atoms with Crippen LogP contribution in [0.3, 0.4) is 0 Å². The molecule has 16 heavy (non-hydrogen) atoms. The van der Waals surface area contributed by atoms with Crippen molar-refractivity contribution in [1.82, 2.24) is 15.3 Å². The van der Waals surface area contributed by atoms with E-state index in [1.54, 1.807) is 0 Å². The molecule has 0 unspecified atom stereocenters. The zero-order valence-corrected chi connectivity index (χ0v) is 9.99. The summed E-state index contributed by atoms with van der Waals surface area (Å²) >= 11 is 0. The highest BCUT2D eigenvalue weighted by Crippen LogP contribution is 2.10. The van der Waals surface area contributed by atoms with E-state index in [2.05, 4.69) is 27.5 Å². The Morgan fingerprint density at radius 2 is 2.12 bits per heavy atom. The number of nitrogens with one attached hydrogen (secondary N) is 2. The van der Waals surface area contributed by atoms with E-state index < -0.39 is 0 Å². The second-order valence-corrected chi connectivity index (χ2v) is 3.31. The standard InChI is InChI=1S/C11H20N4O/c1-3-12-6-5-7-13-10-8-11(16-4-2)15-9-14-10/h8-9,12H,3-7H2,1-2H3,(H,13,14,15). The topological polar surface area (TPSA) is 59.1 Å². The zero-order chi connectivity index (χ0) is 11.6. The van der Waals surface area contributed by atoms with Gasteiger partial charge in [-0.3, -0.25) is 0 Å². The van der Waals surface area contributed by atoms with Crippen molar-refractivity contribution in [2.45, 2.75) is 20.3 Å². The van der Waals surface area contributed by atoms with E-state index >= 15 is 0 Å². The average molecular weight is 224 g/mol. The van der Waals surface area contributed by atoms with Gasteiger partial charge < -0.3 is 15.4 Å². The largest absolute Gasteiger partial charge is 0.478 e. The first kappa shape index (κ1) is 12.7. The minimum Gasteiger partial charge on any atom is -0.478 e. The van der Waals surface area contributed by atoms with E-state index in [0.717, 1.165) is 31.9 Å². The van der Waals surface area contributed by atoms with Crippen molar-refractivity contribution in [2.24, 2.45) is 0 Å². The summed E-state index contributed by atoms with van der Waals surface area (Å²) < 4.78 is 5.29. The Morgan fingerprint density at radius 1 is 1.25 bits per heavy atom. The Labute approximate surface area is 96.6 Å². The first-order valence-electron chi connectivity index (χ1n) is 5.76. The average Bonchev–Trinajstić information content (AvgIpc) is 2.30. The molecule has 1 aromatic rings. The van der Waals surface area contributed by atoms with Crippen molar-refractivity contribution >= 4 is 5.82 Å². The number of aromatic nitrogens is 2. The number of anilines is 1. The summed E-state index contributed by atoms with van der Waals surface area (Å²) in [5.41, 5.74) is 0. The molecule has 1 heterocycles. The van der Waals surface area contributed by atoms with Crippen LogP contribution >= 0.6 is 0 Å². The quantitative estimate of drug-likeness (QED) is 0.652. The van der Waals surface area contributed by atoms with Crippen LogP contribution in [0.4, 0.5) is 5.82 Å². The first-order chi connectivity index (χ1) is 7.86. The Morgan fingerprint density at radius 3 is 2.88 bits per heavy atom. The molecule has 5 heteroatoms. The molecular weight excluding hydrogens is 204 g/mol. The predicted molar refractivity (Wildman–Crippen MR) is 64.9 cm³/mol. The van der Waals surface area contributed by atoms with E-state index in [0.29, 0.717) is 12.5 Å². The van der Waals surface area contributed by atoms with Gasteiger partial charge in [0.2, 0.25) is 5.88 Å². The lowest BCUT2D eigenvalue weighted by atomic mass is 10.4. The monoisotopic (exact) mass is 224 g/mol. The third-order valence-electron chi connectivity index (χ3n) is 2.02. The molecule has 1 rings (SSSR count). The maximum Gasteiger partial charge on any atom is 0.218 e. The summed E-state index contributed by atoms with van der Waals surface area (Å²) in [7, 11) is 0. The Bertz CT molecular complexity index is 293. The van der Waals surface area contributed by atoms with Crippen LogP contribution in [-0.2, 0) is 0 Å². The third kappa shape index (κ3) is 4.93. The molecule has 0 atom stereocenters. The van der Waals surface area contributed by atoms with Gasteiger partial charge in [-0.05, 0) is 26.4 Å². The summed E-state index contributed by atoms with van der Waals surface area (Å²) in [6.07, 6.45) is 2.58. The lowest BCUT2D eigenvalue weighted by molar-refractivity contribution is 0.326. The van der Waals surface area contributed by atoms with Crippen LogP contribution in [0.2, 0.25) is 0 Å². The van der Waals surface area contributed by atoms with Gasteiger partial charge in [-0.25, -0.2) is 9.97 Å². The number of ether oxygens (including phenoxy) is 1. The predicted octanol–water partition coefficient (Wildman–Crippen LogP) is 1.29. The SMILES string of the molecule is CCNCCCNc1cc(OCC)ncn1. The van der Waals surface area contributed by atoms with E-state index in [-0.39, 0.29) is 0 Å². The Kier molecular flexibility index (Phi) is 6.25. The molecule has 0 aliphatic heterocycles. The molecular formula is C11H20N4O. The fourth-order valence-corrected chi connectivity index (χ4v) is 1.27. The lowest BCUT2D eigenvalue weighted by Crippen LogP contribution is -2.17. The molecule has 0 amide bonds. The van der Waals surface area contributed by atoms with E-state index in [9.17, 15) is 0 Å². The van der Waals surface area contributed by atoms with Crippen molar-refractivity contribution in [3.8, 4) is 5.88 Å². The Hall–Kier alpha value is -1.36. The highest BCUT2D eigenvalue weighted by Gasteiger charge is 1.97. The number of hydrogen-bond acceptors (Lipinski definition) is 5. The van der Waals surface area contributed by atoms with Crippen LogP contribution in [0.25, 0.3) is 0 Å². The van der Waals surface area contributed by atoms with Gasteiger partial charge in [-0.1, -0.05) is 6.92 Å². The molecule has 5 nitrogen and oxygen atoms in total. The van der Waals surface area contributed by atoms with Crippen LogP contribution in [0.15, 0.2) is 12.4 Å². The second-order valence-electron chi connectivity index (χ2n) is 3.31. The number of nitrogens with zero attached hydrogens (tertiary/aromatic N) is 2. The fourth-order valence-electron chi connectivity index (χ4n) is 1.27. The van der Waals surface area contributed by atoms with Crippen molar-refractivity contribution < 1.29 is 4.74 Å². The van der Waals surface area contributed by atoms with Crippen molar-refractivity contribution in [3.63, 3.8) is 0 Å². The van der Waals surface area contributed by atoms with Gasteiger partial charge in [0.05, 0.1) is 6.61 Å². The minimum absolute atomic E-state index is 0.617. The van der Waals surface area contributed by atoms with Gasteiger partial charge in [0.15, 0.2) is 0 Å². The summed E-state index contributed by atoms with van der Waals surface area (Å²) in [5, 5.41) is 6.50. The van der Waals surface area contributed by atoms with Gasteiger partial charge in [0.25, 0.3) is 0 Å². The van der Waals surface area contributed by atoms with E-state index in [1.165, 1.54) is 6.33 Å². The fraction of sp³-hybridized carbons (Fsp3) is 0.636. The van der Waals surface area contributed by atoms with Crippen molar-refractivity contribution in [3.05, 3.63) is 12.4 Å². The maximum atomic E-state index is 5.29. The lowest BCUT2D eigenvalue weighted by Gasteiger charge is -2.07. The van der Waals surface area contributed by atoms with Gasteiger partial charge in [0.1, 0.15) is 12.1 Å². The molecule has 0 aliphatic carbocycles. The highest BCUT2D eigenvalue weighted by molar-refractivity contribution is 5.36. The summed E-state index contributed by atoms with van der Waals surface area (Å²) in [4.78, 5) is 8.12. The van der Waals surface area contributed by atoms with Gasteiger partial charge >= 0.3 is 0 Å². The summed E-state index contributed by atoms with van der Waals surface area (Å²) in [6, 6.07) is 1.82. The molecule has 0 saturated carbocycles.